The summed E-state index contributed by atoms with van der Waals surface area (Å²) in [4.78, 5) is 66.0. The molecule has 2 aliphatic heterocycles. The molecule has 3 fully saturated rings. The van der Waals surface area contributed by atoms with Gasteiger partial charge in [0.2, 0.25) is 33.3 Å². The van der Waals surface area contributed by atoms with Gasteiger partial charge in [-0.3, -0.25) is 19.1 Å². The number of sulfonamides is 1. The van der Waals surface area contributed by atoms with Crippen molar-refractivity contribution in [3.05, 3.63) is 36.7 Å². The Bertz CT molecular complexity index is 2030. The van der Waals surface area contributed by atoms with E-state index in [1.165, 1.54) is 18.3 Å². The molecule has 1 aromatic heterocycles. The molecule has 2 aromatic rings. The molecule has 15 nitrogen and oxygen atoms in total. The lowest BCUT2D eigenvalue weighted by Gasteiger charge is -2.35. The Morgan fingerprint density at radius 1 is 1.11 bits per heavy atom. The highest BCUT2D eigenvalue weighted by Crippen LogP contribution is 2.46. The van der Waals surface area contributed by atoms with Crippen molar-refractivity contribution in [3.8, 4) is 11.6 Å². The summed E-state index contributed by atoms with van der Waals surface area (Å²) in [6.07, 6.45) is 0.370. The van der Waals surface area contributed by atoms with E-state index in [1.54, 1.807) is 31.2 Å². The minimum absolute atomic E-state index is 0.0321. The molecular formula is C38H49F3N6O9S. The number of hydrogen-bond acceptors (Lipinski definition) is 11. The van der Waals surface area contributed by atoms with E-state index in [0.717, 1.165) is 0 Å². The molecule has 0 spiro atoms. The van der Waals surface area contributed by atoms with Crippen LogP contribution >= 0.6 is 0 Å². The molecule has 19 heteroatoms. The number of ether oxygens (including phenoxy) is 3. The van der Waals surface area contributed by atoms with Gasteiger partial charge in [-0.15, -0.1) is 0 Å². The number of hydrogen-bond donors (Lipinski definition) is 3. The number of methoxy groups -OCH3 is 1. The lowest BCUT2D eigenvalue weighted by Crippen LogP contribution is -2.59. The van der Waals surface area contributed by atoms with Gasteiger partial charge in [-0.1, -0.05) is 32.4 Å². The Morgan fingerprint density at radius 2 is 1.84 bits per heavy atom. The summed E-state index contributed by atoms with van der Waals surface area (Å²) in [7, 11) is -2.48. The van der Waals surface area contributed by atoms with Crippen molar-refractivity contribution in [1.82, 2.24) is 30.2 Å². The van der Waals surface area contributed by atoms with E-state index in [4.69, 9.17) is 14.2 Å². The molecule has 0 radical (unpaired) electrons. The van der Waals surface area contributed by atoms with Gasteiger partial charge in [-0.2, -0.15) is 13.2 Å². The normalized spacial score (nSPS) is 29.2. The molecule has 2 saturated carbocycles. The van der Waals surface area contributed by atoms with Gasteiger partial charge in [0.05, 0.1) is 29.8 Å². The van der Waals surface area contributed by atoms with Gasteiger partial charge in [-0.25, -0.2) is 23.2 Å². The highest BCUT2D eigenvalue weighted by atomic mass is 32.2. The maximum Gasteiger partial charge on any atom is 0.427 e. The zero-order chi connectivity index (χ0) is 41.5. The summed E-state index contributed by atoms with van der Waals surface area (Å²) in [6.45, 7) is 4.92. The van der Waals surface area contributed by atoms with Gasteiger partial charge < -0.3 is 29.7 Å². The van der Waals surface area contributed by atoms with Crippen LogP contribution in [0.3, 0.4) is 0 Å². The average molecular weight is 823 g/mol. The van der Waals surface area contributed by atoms with Crippen molar-refractivity contribution >= 4 is 44.7 Å². The summed E-state index contributed by atoms with van der Waals surface area (Å²) in [5.41, 5.74) is -4.02. The fourth-order valence-electron chi connectivity index (χ4n) is 7.55. The number of carbonyl (C=O) groups is 4. The van der Waals surface area contributed by atoms with Gasteiger partial charge in [0.15, 0.2) is 0 Å². The van der Waals surface area contributed by atoms with E-state index >= 15 is 0 Å². The minimum atomic E-state index is -4.91. The van der Waals surface area contributed by atoms with Crippen molar-refractivity contribution in [2.24, 2.45) is 17.8 Å². The van der Waals surface area contributed by atoms with Crippen LogP contribution in [-0.4, -0.2) is 102 Å². The first-order chi connectivity index (χ1) is 26.8. The van der Waals surface area contributed by atoms with E-state index in [1.807, 2.05) is 13.0 Å². The number of benzene rings is 1. The van der Waals surface area contributed by atoms with E-state index in [0.29, 0.717) is 69.0 Å². The molecule has 6 rings (SSSR count). The molecule has 7 atom stereocenters. The molecule has 57 heavy (non-hydrogen) atoms. The molecule has 4 amide bonds. The summed E-state index contributed by atoms with van der Waals surface area (Å²) in [6, 6.07) is 2.30. The summed E-state index contributed by atoms with van der Waals surface area (Å²) in [5, 5.41) is 5.01. The van der Waals surface area contributed by atoms with Gasteiger partial charge >= 0.3 is 12.3 Å². The Morgan fingerprint density at radius 3 is 2.51 bits per heavy atom. The Kier molecular flexibility index (Phi) is 11.7. The van der Waals surface area contributed by atoms with Crippen LogP contribution in [0.15, 0.2) is 36.7 Å². The van der Waals surface area contributed by atoms with Crippen LogP contribution in [0.5, 0.6) is 11.6 Å². The molecular weight excluding hydrogens is 774 g/mol. The van der Waals surface area contributed by atoms with Gasteiger partial charge in [0.1, 0.15) is 35.8 Å². The SMILES string of the molecule is CC[C@@H]1C[C@H](C)CC/C=C\[C@@H]2C[C@@]2(C(=O)NS(=O)(=O)C2CC2)NC(=O)[C@@H]2C[C@@H](Oc3ncnc4cc(OC)ccc34)CN2C(=O)[C@H]1NC(=O)OC(C)(C)C(F)(F)F. The number of alkyl halides is 3. The number of aromatic nitrogens is 2. The highest BCUT2D eigenvalue weighted by Gasteiger charge is 2.62. The number of amides is 4. The third-order valence-corrected chi connectivity index (χ3v) is 13.2. The lowest BCUT2D eigenvalue weighted by molar-refractivity contribution is -0.244. The van der Waals surface area contributed by atoms with Gasteiger partial charge in [-0.05, 0) is 76.3 Å². The number of fused-ring (bicyclic) bond motifs is 3. The van der Waals surface area contributed by atoms with Crippen LogP contribution in [0.4, 0.5) is 18.0 Å². The number of halogens is 3. The predicted octanol–water partition coefficient (Wildman–Crippen LogP) is 4.31. The number of alkyl carbamates (subject to hydrolysis) is 1. The molecule has 0 bridgehead atoms. The number of carbonyl (C=O) groups excluding carboxylic acids is 4. The largest absolute Gasteiger partial charge is 0.497 e. The van der Waals surface area contributed by atoms with Crippen molar-refractivity contribution in [2.45, 2.75) is 120 Å². The highest BCUT2D eigenvalue weighted by molar-refractivity contribution is 7.91. The number of allylic oxidation sites excluding steroid dienone is 1. The first-order valence-corrected chi connectivity index (χ1v) is 20.7. The molecule has 3 heterocycles. The molecule has 1 aromatic carbocycles. The molecule has 0 unspecified atom stereocenters. The molecule has 312 valence electrons. The van der Waals surface area contributed by atoms with Crippen LogP contribution in [0.1, 0.15) is 79.1 Å². The van der Waals surface area contributed by atoms with E-state index < -0.39 is 86.4 Å². The number of rotatable bonds is 9. The van der Waals surface area contributed by atoms with Crippen LogP contribution in [0.25, 0.3) is 10.9 Å². The summed E-state index contributed by atoms with van der Waals surface area (Å²) in [5.74, 6) is -2.92. The van der Waals surface area contributed by atoms with E-state index in [9.17, 15) is 40.8 Å². The molecule has 3 N–H and O–H groups in total. The Balaban J connectivity index is 1.36. The van der Waals surface area contributed by atoms with Crippen molar-refractivity contribution in [2.75, 3.05) is 13.7 Å². The van der Waals surface area contributed by atoms with Crippen LogP contribution in [0, 0.1) is 17.8 Å². The molecule has 4 aliphatic rings. The van der Waals surface area contributed by atoms with Crippen LogP contribution in [0.2, 0.25) is 0 Å². The summed E-state index contributed by atoms with van der Waals surface area (Å²) < 4.78 is 85.6. The first kappa shape index (κ1) is 41.9. The minimum Gasteiger partial charge on any atom is -0.497 e. The van der Waals surface area contributed by atoms with E-state index in [2.05, 4.69) is 25.3 Å². The average Bonchev–Trinajstić information content (AvgIpc) is 4.07. The van der Waals surface area contributed by atoms with Crippen molar-refractivity contribution in [3.63, 3.8) is 0 Å². The zero-order valence-corrected chi connectivity index (χ0v) is 33.2. The Hall–Kier alpha value is -4.68. The smallest absolute Gasteiger partial charge is 0.427 e. The quantitative estimate of drug-likeness (QED) is 0.305. The van der Waals surface area contributed by atoms with Gasteiger partial charge in [0, 0.05) is 18.4 Å². The molecule has 2 aliphatic carbocycles. The monoisotopic (exact) mass is 822 g/mol. The lowest BCUT2D eigenvalue weighted by atomic mass is 9.85. The second-order valence-corrected chi connectivity index (χ2v) is 18.0. The predicted molar refractivity (Wildman–Crippen MR) is 199 cm³/mol. The standard InChI is InChI=1S/C38H49F3N6O9S/c1-6-22-15-21(2)9-7-8-10-23-18-37(23,34(50)46-57(52,53)26-12-13-26)45-31(48)29-17-25(55-32-27-14-11-24(54-5)16-28(27)42-20-43-32)19-47(29)33(49)30(22)44-35(51)56-36(3,4)38(39,40)41/h8,10-11,14,16,20-23,25-26,29-30H,6-7,9,12-13,15,17-19H2,1-5H3,(H,44,51)(H,45,48)(H,46,50)/b10-8-/t21-,22-,23-,25-,29+,30+,37-/m1/s1. The topological polar surface area (TPSA) is 195 Å². The second-order valence-electron chi connectivity index (χ2n) is 16.0. The van der Waals surface area contributed by atoms with Crippen molar-refractivity contribution < 1.29 is 55.0 Å². The maximum absolute atomic E-state index is 14.8. The van der Waals surface area contributed by atoms with Crippen LogP contribution < -0.4 is 24.8 Å². The molecule has 1 saturated heterocycles. The first-order valence-electron chi connectivity index (χ1n) is 19.2. The summed E-state index contributed by atoms with van der Waals surface area (Å²) >= 11 is 0. The second kappa shape index (κ2) is 15.9. The Labute approximate surface area is 328 Å². The third-order valence-electron chi connectivity index (χ3n) is 11.4. The van der Waals surface area contributed by atoms with E-state index in [-0.39, 0.29) is 31.2 Å². The third kappa shape index (κ3) is 9.07. The van der Waals surface area contributed by atoms with Gasteiger partial charge in [0.25, 0.3) is 5.91 Å². The van der Waals surface area contributed by atoms with Crippen LogP contribution in [-0.2, 0) is 29.1 Å². The fourth-order valence-corrected chi connectivity index (χ4v) is 8.92. The maximum atomic E-state index is 14.8. The number of nitrogens with zero attached hydrogens (tertiary/aromatic N) is 3. The zero-order valence-electron chi connectivity index (χ0n) is 32.4. The number of nitrogens with one attached hydrogen (secondary N) is 3. The fraction of sp³-hybridized carbons (Fsp3) is 0.632. The van der Waals surface area contributed by atoms with Crippen molar-refractivity contribution in [1.29, 1.82) is 0 Å².